The molecule has 0 saturated heterocycles. The number of hydrogen-bond acceptors (Lipinski definition) is 1. The van der Waals surface area contributed by atoms with Crippen LogP contribution in [0.4, 0.5) is 0 Å². The van der Waals surface area contributed by atoms with Crippen LogP contribution in [0.25, 0.3) is 10.8 Å². The molecule has 2 nitrogen and oxygen atoms in total. The molecular weight excluding hydrogens is 268 g/mol. The normalized spacial score (nSPS) is 12.0. The van der Waals surface area contributed by atoms with Crippen LogP contribution in [0.15, 0.2) is 48.5 Å². The Kier molecular flexibility index (Phi) is 3.78. The molecular formula is C20H24N2. The van der Waals surface area contributed by atoms with Gasteiger partial charge in [-0.2, -0.15) is 5.10 Å². The number of aromatic nitrogens is 2. The summed E-state index contributed by atoms with van der Waals surface area (Å²) in [7, 11) is 0. The topological polar surface area (TPSA) is 17.8 Å². The van der Waals surface area contributed by atoms with Crippen LogP contribution in [0, 0.1) is 0 Å². The van der Waals surface area contributed by atoms with Gasteiger partial charge in [-0.15, -0.1) is 0 Å². The Balaban J connectivity index is 2.01. The van der Waals surface area contributed by atoms with Gasteiger partial charge in [0.05, 0.1) is 5.69 Å². The maximum absolute atomic E-state index is 4.81. The first kappa shape index (κ1) is 14.8. The maximum Gasteiger partial charge on any atom is 0.0671 e. The summed E-state index contributed by atoms with van der Waals surface area (Å²) in [6, 6.07) is 17.4. The number of hydrogen-bond donors (Lipinski definition) is 0. The fourth-order valence-corrected chi connectivity index (χ4v) is 3.04. The van der Waals surface area contributed by atoms with E-state index in [0.717, 1.165) is 18.7 Å². The third-order valence-electron chi connectivity index (χ3n) is 4.15. The van der Waals surface area contributed by atoms with Crippen molar-refractivity contribution in [1.29, 1.82) is 0 Å². The molecule has 2 heteroatoms. The second kappa shape index (κ2) is 5.60. The highest BCUT2D eigenvalue weighted by atomic mass is 15.3. The summed E-state index contributed by atoms with van der Waals surface area (Å²) in [5, 5.41) is 7.44. The minimum absolute atomic E-state index is 0.125. The molecule has 0 fully saturated rings. The lowest BCUT2D eigenvalue weighted by Gasteiger charge is -2.19. The van der Waals surface area contributed by atoms with Gasteiger partial charge in [-0.05, 0) is 29.3 Å². The van der Waals surface area contributed by atoms with Crippen LogP contribution >= 0.6 is 0 Å². The Labute approximate surface area is 132 Å². The van der Waals surface area contributed by atoms with Crippen LogP contribution in [-0.2, 0) is 18.4 Å². The van der Waals surface area contributed by atoms with Crippen molar-refractivity contribution in [2.24, 2.45) is 0 Å². The summed E-state index contributed by atoms with van der Waals surface area (Å²) >= 11 is 0. The number of benzene rings is 2. The van der Waals surface area contributed by atoms with Crippen LogP contribution in [0.5, 0.6) is 0 Å². The Morgan fingerprint density at radius 1 is 1.00 bits per heavy atom. The smallest absolute Gasteiger partial charge is 0.0671 e. The van der Waals surface area contributed by atoms with Gasteiger partial charge in [0.2, 0.25) is 0 Å². The minimum Gasteiger partial charge on any atom is -0.269 e. The van der Waals surface area contributed by atoms with Gasteiger partial charge < -0.3 is 0 Å². The van der Waals surface area contributed by atoms with E-state index < -0.39 is 0 Å². The van der Waals surface area contributed by atoms with E-state index in [1.807, 2.05) is 0 Å². The van der Waals surface area contributed by atoms with Crippen molar-refractivity contribution in [3.05, 3.63) is 65.5 Å². The average molecular weight is 292 g/mol. The summed E-state index contributed by atoms with van der Waals surface area (Å²) in [5.74, 6) is 0. The summed E-state index contributed by atoms with van der Waals surface area (Å²) in [6.45, 7) is 9.82. The molecule has 0 aliphatic carbocycles. The molecule has 0 amide bonds. The molecule has 3 rings (SSSR count). The van der Waals surface area contributed by atoms with Gasteiger partial charge >= 0.3 is 0 Å². The standard InChI is InChI=1S/C20H24N2/c1-5-22-19(20(2,3)4)14-17(21-22)13-16-11-8-10-15-9-6-7-12-18(15)16/h6-12,14H,5,13H2,1-4H3. The van der Waals surface area contributed by atoms with Crippen molar-refractivity contribution in [2.45, 2.75) is 46.1 Å². The Hall–Kier alpha value is -2.09. The largest absolute Gasteiger partial charge is 0.269 e. The number of nitrogens with zero attached hydrogens (tertiary/aromatic N) is 2. The third-order valence-corrected chi connectivity index (χ3v) is 4.15. The van der Waals surface area contributed by atoms with Crippen LogP contribution in [0.2, 0.25) is 0 Å². The molecule has 114 valence electrons. The molecule has 2 aromatic carbocycles. The SMILES string of the molecule is CCn1nc(Cc2cccc3ccccc23)cc1C(C)(C)C. The van der Waals surface area contributed by atoms with Gasteiger partial charge in [-0.1, -0.05) is 63.2 Å². The van der Waals surface area contributed by atoms with Crippen molar-refractivity contribution in [3.8, 4) is 0 Å². The van der Waals surface area contributed by atoms with Crippen molar-refractivity contribution >= 4 is 10.8 Å². The van der Waals surface area contributed by atoms with Gasteiger partial charge in [0.25, 0.3) is 0 Å². The number of aryl methyl sites for hydroxylation is 1. The maximum atomic E-state index is 4.81. The van der Waals surface area contributed by atoms with E-state index in [1.165, 1.54) is 22.0 Å². The lowest BCUT2D eigenvalue weighted by molar-refractivity contribution is 0.497. The van der Waals surface area contributed by atoms with E-state index in [-0.39, 0.29) is 5.41 Å². The van der Waals surface area contributed by atoms with Crippen molar-refractivity contribution in [1.82, 2.24) is 9.78 Å². The Bertz CT molecular complexity index is 786. The van der Waals surface area contributed by atoms with Crippen LogP contribution in [-0.4, -0.2) is 9.78 Å². The van der Waals surface area contributed by atoms with Gasteiger partial charge in [-0.3, -0.25) is 4.68 Å². The number of fused-ring (bicyclic) bond motifs is 1. The molecule has 0 aliphatic rings. The number of rotatable bonds is 3. The van der Waals surface area contributed by atoms with Crippen molar-refractivity contribution in [2.75, 3.05) is 0 Å². The fourth-order valence-electron chi connectivity index (χ4n) is 3.04. The van der Waals surface area contributed by atoms with E-state index >= 15 is 0 Å². The summed E-state index contributed by atoms with van der Waals surface area (Å²) in [4.78, 5) is 0. The monoisotopic (exact) mass is 292 g/mol. The van der Waals surface area contributed by atoms with E-state index in [4.69, 9.17) is 5.10 Å². The quantitative estimate of drug-likeness (QED) is 0.668. The van der Waals surface area contributed by atoms with E-state index in [2.05, 4.69) is 80.9 Å². The van der Waals surface area contributed by atoms with E-state index in [0.29, 0.717) is 0 Å². The zero-order chi connectivity index (χ0) is 15.7. The van der Waals surface area contributed by atoms with Crippen molar-refractivity contribution < 1.29 is 0 Å². The highest BCUT2D eigenvalue weighted by molar-refractivity contribution is 5.85. The summed E-state index contributed by atoms with van der Waals surface area (Å²) < 4.78 is 2.14. The lowest BCUT2D eigenvalue weighted by Crippen LogP contribution is -2.17. The molecule has 0 saturated carbocycles. The predicted molar refractivity (Wildman–Crippen MR) is 93.4 cm³/mol. The van der Waals surface area contributed by atoms with Crippen LogP contribution in [0.3, 0.4) is 0 Å². The average Bonchev–Trinajstić information content (AvgIpc) is 2.91. The molecule has 0 radical (unpaired) electrons. The molecule has 1 aromatic heterocycles. The molecule has 0 spiro atoms. The molecule has 0 bridgehead atoms. The fraction of sp³-hybridized carbons (Fsp3) is 0.350. The Morgan fingerprint density at radius 2 is 1.73 bits per heavy atom. The van der Waals surface area contributed by atoms with E-state index in [1.54, 1.807) is 0 Å². The second-order valence-corrected chi connectivity index (χ2v) is 6.90. The summed E-state index contributed by atoms with van der Waals surface area (Å²) in [6.07, 6.45) is 0.886. The first-order chi connectivity index (χ1) is 10.5. The minimum atomic E-state index is 0.125. The van der Waals surface area contributed by atoms with E-state index in [9.17, 15) is 0 Å². The zero-order valence-electron chi connectivity index (χ0n) is 13.9. The van der Waals surface area contributed by atoms with Gasteiger partial charge in [0.1, 0.15) is 0 Å². The highest BCUT2D eigenvalue weighted by Crippen LogP contribution is 2.26. The zero-order valence-corrected chi connectivity index (χ0v) is 13.9. The molecule has 0 aliphatic heterocycles. The third kappa shape index (κ3) is 2.78. The van der Waals surface area contributed by atoms with Crippen molar-refractivity contribution in [3.63, 3.8) is 0 Å². The lowest BCUT2D eigenvalue weighted by atomic mass is 9.91. The first-order valence-corrected chi connectivity index (χ1v) is 8.03. The highest BCUT2D eigenvalue weighted by Gasteiger charge is 2.20. The molecule has 1 heterocycles. The molecule has 3 aromatic rings. The molecule has 0 N–H and O–H groups in total. The molecule has 22 heavy (non-hydrogen) atoms. The van der Waals surface area contributed by atoms with Gasteiger partial charge in [0.15, 0.2) is 0 Å². The molecule has 0 atom stereocenters. The predicted octanol–water partition coefficient (Wildman–Crippen LogP) is 4.94. The summed E-state index contributed by atoms with van der Waals surface area (Å²) in [5.41, 5.74) is 3.94. The van der Waals surface area contributed by atoms with Crippen LogP contribution < -0.4 is 0 Å². The van der Waals surface area contributed by atoms with Gasteiger partial charge in [0, 0.05) is 24.1 Å². The first-order valence-electron chi connectivity index (χ1n) is 8.03. The van der Waals surface area contributed by atoms with Gasteiger partial charge in [-0.25, -0.2) is 0 Å². The van der Waals surface area contributed by atoms with Crippen LogP contribution in [0.1, 0.15) is 44.6 Å². The second-order valence-electron chi connectivity index (χ2n) is 6.90. The Morgan fingerprint density at radius 3 is 2.41 bits per heavy atom. The molecule has 0 unspecified atom stereocenters.